The summed E-state index contributed by atoms with van der Waals surface area (Å²) in [6.07, 6.45) is 1.90. The molecule has 0 aliphatic rings. The third kappa shape index (κ3) is 3.13. The van der Waals surface area contributed by atoms with E-state index in [1.54, 1.807) is 19.1 Å². The van der Waals surface area contributed by atoms with Crippen LogP contribution in [-0.4, -0.2) is 26.5 Å². The van der Waals surface area contributed by atoms with Gasteiger partial charge in [-0.3, -0.25) is 4.72 Å². The Morgan fingerprint density at radius 1 is 1.44 bits per heavy atom. The summed E-state index contributed by atoms with van der Waals surface area (Å²) in [5.74, 6) is 0. The quantitative estimate of drug-likeness (QED) is 0.787. The van der Waals surface area contributed by atoms with Gasteiger partial charge in [-0.1, -0.05) is 12.1 Å². The average molecular weight is 260 g/mol. The molecule has 0 spiro atoms. The van der Waals surface area contributed by atoms with E-state index in [0.29, 0.717) is 5.69 Å². The Hall–Kier alpha value is -0.720. The predicted molar refractivity (Wildman–Crippen MR) is 69.3 cm³/mol. The second-order valence-electron chi connectivity index (χ2n) is 3.39. The highest BCUT2D eigenvalue weighted by Gasteiger charge is 2.19. The fourth-order valence-corrected chi connectivity index (χ4v) is 2.67. The standard InChI is InChI=1S/C10H16N2O2S2/c1-8(7-11)16(13,14)12-9-5-3-4-6-10(9)15-2/h3-6,8,12H,7,11H2,1-2H3. The van der Waals surface area contributed by atoms with Crippen LogP contribution in [0.3, 0.4) is 0 Å². The van der Waals surface area contributed by atoms with Crippen molar-refractivity contribution >= 4 is 27.5 Å². The van der Waals surface area contributed by atoms with Crippen LogP contribution in [0.5, 0.6) is 0 Å². The first-order chi connectivity index (χ1) is 7.51. The molecule has 1 atom stereocenters. The van der Waals surface area contributed by atoms with Gasteiger partial charge in [-0.05, 0) is 25.3 Å². The molecular weight excluding hydrogens is 244 g/mol. The maximum Gasteiger partial charge on any atom is 0.236 e. The number of nitrogens with two attached hydrogens (primary N) is 1. The van der Waals surface area contributed by atoms with E-state index >= 15 is 0 Å². The summed E-state index contributed by atoms with van der Waals surface area (Å²) in [4.78, 5) is 0.898. The van der Waals surface area contributed by atoms with Gasteiger partial charge in [0.2, 0.25) is 10.0 Å². The Morgan fingerprint density at radius 3 is 2.62 bits per heavy atom. The lowest BCUT2D eigenvalue weighted by atomic mass is 10.3. The maximum absolute atomic E-state index is 11.8. The third-order valence-corrected chi connectivity index (χ3v) is 4.77. The maximum atomic E-state index is 11.8. The molecule has 0 saturated carbocycles. The molecule has 0 amide bonds. The number of hydrogen-bond donors (Lipinski definition) is 2. The van der Waals surface area contributed by atoms with Gasteiger partial charge in [0.15, 0.2) is 0 Å². The van der Waals surface area contributed by atoms with E-state index in [0.717, 1.165) is 4.90 Å². The molecule has 3 N–H and O–H groups in total. The Balaban J connectivity index is 2.96. The van der Waals surface area contributed by atoms with E-state index < -0.39 is 15.3 Å². The molecule has 0 fully saturated rings. The molecule has 0 aromatic heterocycles. The van der Waals surface area contributed by atoms with Gasteiger partial charge in [0.1, 0.15) is 0 Å². The highest BCUT2D eigenvalue weighted by atomic mass is 32.2. The molecule has 16 heavy (non-hydrogen) atoms. The van der Waals surface area contributed by atoms with E-state index in [1.165, 1.54) is 11.8 Å². The summed E-state index contributed by atoms with van der Waals surface area (Å²) in [6, 6.07) is 7.28. The van der Waals surface area contributed by atoms with Crippen molar-refractivity contribution < 1.29 is 8.42 Å². The molecule has 0 saturated heterocycles. The van der Waals surface area contributed by atoms with Gasteiger partial charge in [-0.25, -0.2) is 8.42 Å². The van der Waals surface area contributed by atoms with Crippen LogP contribution in [0.1, 0.15) is 6.92 Å². The molecule has 1 aromatic carbocycles. The van der Waals surface area contributed by atoms with Crippen LogP contribution in [0.4, 0.5) is 5.69 Å². The lowest BCUT2D eigenvalue weighted by Crippen LogP contribution is -2.31. The summed E-state index contributed by atoms with van der Waals surface area (Å²) >= 11 is 1.50. The van der Waals surface area contributed by atoms with E-state index in [-0.39, 0.29) is 6.54 Å². The van der Waals surface area contributed by atoms with Gasteiger partial charge in [0.05, 0.1) is 10.9 Å². The molecule has 1 unspecified atom stereocenters. The number of rotatable bonds is 5. The number of para-hydroxylation sites is 1. The highest BCUT2D eigenvalue weighted by Crippen LogP contribution is 2.25. The van der Waals surface area contributed by atoms with Gasteiger partial charge in [0.25, 0.3) is 0 Å². The van der Waals surface area contributed by atoms with Crippen molar-refractivity contribution in [1.82, 2.24) is 0 Å². The minimum atomic E-state index is -3.38. The molecule has 90 valence electrons. The number of thioether (sulfide) groups is 1. The van der Waals surface area contributed by atoms with Crippen LogP contribution < -0.4 is 10.5 Å². The number of anilines is 1. The van der Waals surface area contributed by atoms with Crippen LogP contribution in [0.25, 0.3) is 0 Å². The van der Waals surface area contributed by atoms with Crippen molar-refractivity contribution in [3.8, 4) is 0 Å². The Bertz CT molecular complexity index is 446. The van der Waals surface area contributed by atoms with Gasteiger partial charge in [0, 0.05) is 11.4 Å². The smallest absolute Gasteiger partial charge is 0.236 e. The van der Waals surface area contributed by atoms with Gasteiger partial charge in [-0.2, -0.15) is 0 Å². The zero-order valence-electron chi connectivity index (χ0n) is 9.30. The highest BCUT2D eigenvalue weighted by molar-refractivity contribution is 7.99. The second-order valence-corrected chi connectivity index (χ2v) is 6.34. The minimum Gasteiger partial charge on any atom is -0.329 e. The lowest BCUT2D eigenvalue weighted by molar-refractivity contribution is 0.589. The Morgan fingerprint density at radius 2 is 2.06 bits per heavy atom. The molecule has 0 bridgehead atoms. The molecule has 0 heterocycles. The Labute approximate surface area is 101 Å². The van der Waals surface area contributed by atoms with Gasteiger partial charge >= 0.3 is 0 Å². The fraction of sp³-hybridized carbons (Fsp3) is 0.400. The van der Waals surface area contributed by atoms with Crippen molar-refractivity contribution in [3.63, 3.8) is 0 Å². The van der Waals surface area contributed by atoms with Crippen molar-refractivity contribution in [2.45, 2.75) is 17.1 Å². The first kappa shape index (κ1) is 13.3. The first-order valence-corrected chi connectivity index (χ1v) is 7.63. The molecule has 1 rings (SSSR count). The van der Waals surface area contributed by atoms with Crippen LogP contribution >= 0.6 is 11.8 Å². The van der Waals surface area contributed by atoms with E-state index in [4.69, 9.17) is 5.73 Å². The number of hydrogen-bond acceptors (Lipinski definition) is 4. The summed E-state index contributed by atoms with van der Waals surface area (Å²) in [5, 5.41) is -0.595. The topological polar surface area (TPSA) is 72.2 Å². The van der Waals surface area contributed by atoms with Crippen LogP contribution in [-0.2, 0) is 10.0 Å². The van der Waals surface area contributed by atoms with E-state index in [2.05, 4.69) is 4.72 Å². The largest absolute Gasteiger partial charge is 0.329 e. The van der Waals surface area contributed by atoms with Crippen LogP contribution in [0.2, 0.25) is 0 Å². The molecule has 6 heteroatoms. The number of benzene rings is 1. The first-order valence-electron chi connectivity index (χ1n) is 4.86. The summed E-state index contributed by atoms with van der Waals surface area (Å²) in [7, 11) is -3.38. The Kier molecular flexibility index (Phi) is 4.64. The van der Waals surface area contributed by atoms with Gasteiger partial charge < -0.3 is 5.73 Å². The second kappa shape index (κ2) is 5.56. The third-order valence-electron chi connectivity index (χ3n) is 2.22. The van der Waals surface area contributed by atoms with Crippen molar-refractivity contribution in [1.29, 1.82) is 0 Å². The van der Waals surface area contributed by atoms with Crippen LogP contribution in [0, 0.1) is 0 Å². The summed E-state index contributed by atoms with van der Waals surface area (Å²) in [6.45, 7) is 1.70. The fourth-order valence-electron chi connectivity index (χ4n) is 1.11. The molecule has 0 aliphatic carbocycles. The number of sulfonamides is 1. The molecule has 0 radical (unpaired) electrons. The number of nitrogens with one attached hydrogen (secondary N) is 1. The zero-order chi connectivity index (χ0) is 12.2. The van der Waals surface area contributed by atoms with Gasteiger partial charge in [-0.15, -0.1) is 11.8 Å². The molecule has 4 nitrogen and oxygen atoms in total. The SMILES string of the molecule is CSc1ccccc1NS(=O)(=O)C(C)CN. The minimum absolute atomic E-state index is 0.108. The van der Waals surface area contributed by atoms with Crippen molar-refractivity contribution in [2.75, 3.05) is 17.5 Å². The summed E-state index contributed by atoms with van der Waals surface area (Å²) in [5.41, 5.74) is 5.96. The van der Waals surface area contributed by atoms with Crippen LogP contribution in [0.15, 0.2) is 29.2 Å². The monoisotopic (exact) mass is 260 g/mol. The van der Waals surface area contributed by atoms with Crippen molar-refractivity contribution in [2.24, 2.45) is 5.73 Å². The zero-order valence-corrected chi connectivity index (χ0v) is 10.9. The normalized spacial score (nSPS) is 13.4. The predicted octanol–water partition coefficient (Wildman–Crippen LogP) is 1.50. The molecule has 1 aromatic rings. The lowest BCUT2D eigenvalue weighted by Gasteiger charge is -2.14. The van der Waals surface area contributed by atoms with Crippen molar-refractivity contribution in [3.05, 3.63) is 24.3 Å². The molecule has 0 aliphatic heterocycles. The molecular formula is C10H16N2O2S2. The average Bonchev–Trinajstić information content (AvgIpc) is 2.28. The summed E-state index contributed by atoms with van der Waals surface area (Å²) < 4.78 is 26.2. The van der Waals surface area contributed by atoms with E-state index in [9.17, 15) is 8.42 Å². The van der Waals surface area contributed by atoms with E-state index in [1.807, 2.05) is 18.4 Å².